The number of piperidine rings is 1. The van der Waals surface area contributed by atoms with Crippen LogP contribution in [0.4, 0.5) is 0 Å². The van der Waals surface area contributed by atoms with Gasteiger partial charge in [0.2, 0.25) is 0 Å². The van der Waals surface area contributed by atoms with Gasteiger partial charge in [-0.25, -0.2) is 0 Å². The lowest BCUT2D eigenvalue weighted by atomic mass is 9.62. The van der Waals surface area contributed by atoms with Gasteiger partial charge in [0, 0.05) is 23.4 Å². The van der Waals surface area contributed by atoms with Crippen LogP contribution in [0.2, 0.25) is 0 Å². The van der Waals surface area contributed by atoms with E-state index in [9.17, 15) is 10.2 Å². The van der Waals surface area contributed by atoms with Gasteiger partial charge in [0.05, 0.1) is 12.9 Å². The highest BCUT2D eigenvalue weighted by Gasteiger charge is 2.47. The molecule has 4 heteroatoms. The fourth-order valence-corrected chi connectivity index (χ4v) is 4.15. The number of phenolic OH excluding ortho intramolecular Hbond substituents is 2. The number of aryl methyl sites for hydroxylation is 1. The number of benzene rings is 1. The summed E-state index contributed by atoms with van der Waals surface area (Å²) in [6, 6.07) is 3.71. The van der Waals surface area contributed by atoms with Crippen LogP contribution in [0.25, 0.3) is 0 Å². The number of likely N-dealkylation sites (tertiary alicyclic amines) is 1. The number of likely N-dealkylation sites (N-methyl/N-ethyl adjacent to an activating group) is 1. The van der Waals surface area contributed by atoms with Crippen molar-refractivity contribution in [3.05, 3.63) is 46.7 Å². The summed E-state index contributed by atoms with van der Waals surface area (Å²) < 4.78 is 5.52. The van der Waals surface area contributed by atoms with Gasteiger partial charge in [0.1, 0.15) is 0 Å². The van der Waals surface area contributed by atoms with Gasteiger partial charge in [-0.05, 0) is 57.1 Å². The Morgan fingerprint density at radius 3 is 2.70 bits per heavy atom. The fourth-order valence-electron chi connectivity index (χ4n) is 4.15. The van der Waals surface area contributed by atoms with Crippen LogP contribution < -0.4 is 0 Å². The molecular weight excluding hydrogens is 290 g/mol. The van der Waals surface area contributed by atoms with Crippen LogP contribution in [-0.4, -0.2) is 41.9 Å². The molecule has 2 aliphatic rings. The maximum Gasteiger partial charge on any atom is 0.161 e. The van der Waals surface area contributed by atoms with Crippen molar-refractivity contribution in [2.45, 2.75) is 38.1 Å². The largest absolute Gasteiger partial charge is 0.504 e. The number of fused-ring (bicyclic) bond motifs is 1. The average Bonchev–Trinajstić information content (AvgIpc) is 2.55. The minimum absolute atomic E-state index is 0.00464. The molecule has 4 nitrogen and oxygen atoms in total. The normalized spacial score (nSPS) is 27.9. The average molecular weight is 315 g/mol. The third kappa shape index (κ3) is 2.32. The minimum atomic E-state index is -0.321. The highest BCUT2D eigenvalue weighted by atomic mass is 16.5. The Bertz CT molecular complexity index is 692. The van der Waals surface area contributed by atoms with Gasteiger partial charge in [-0.1, -0.05) is 12.1 Å². The number of hydrogen-bond donors (Lipinski definition) is 2. The van der Waals surface area contributed by atoms with Crippen LogP contribution >= 0.6 is 0 Å². The summed E-state index contributed by atoms with van der Waals surface area (Å²) in [5, 5.41) is 20.7. The van der Waals surface area contributed by atoms with Crippen LogP contribution in [-0.2, 0) is 10.2 Å². The molecule has 0 aromatic heterocycles. The summed E-state index contributed by atoms with van der Waals surface area (Å²) in [6.45, 7) is 5.12. The number of hydrogen-bond acceptors (Lipinski definition) is 4. The number of nitrogens with zero attached hydrogens (tertiary/aromatic N) is 1. The van der Waals surface area contributed by atoms with Crippen molar-refractivity contribution in [3.8, 4) is 11.5 Å². The number of methoxy groups -OCH3 is 1. The summed E-state index contributed by atoms with van der Waals surface area (Å²) in [4.78, 5) is 2.32. The first-order chi connectivity index (χ1) is 10.9. The number of aromatic hydroxyl groups is 2. The highest BCUT2D eigenvalue weighted by Crippen LogP contribution is 2.53. The Kier molecular flexibility index (Phi) is 3.88. The molecule has 1 aliphatic heterocycles. The van der Waals surface area contributed by atoms with E-state index >= 15 is 0 Å². The van der Waals surface area contributed by atoms with E-state index in [4.69, 9.17) is 4.74 Å². The molecule has 0 radical (unpaired) electrons. The van der Waals surface area contributed by atoms with Crippen molar-refractivity contribution in [1.29, 1.82) is 0 Å². The van der Waals surface area contributed by atoms with Gasteiger partial charge >= 0.3 is 0 Å². The summed E-state index contributed by atoms with van der Waals surface area (Å²) >= 11 is 0. The van der Waals surface area contributed by atoms with E-state index in [0.29, 0.717) is 6.42 Å². The summed E-state index contributed by atoms with van der Waals surface area (Å²) in [7, 11) is 3.81. The molecule has 0 bridgehead atoms. The molecular formula is C19H25NO3. The maximum absolute atomic E-state index is 10.6. The van der Waals surface area contributed by atoms with Crippen molar-refractivity contribution in [2.24, 2.45) is 0 Å². The molecule has 124 valence electrons. The molecule has 1 saturated heterocycles. The summed E-state index contributed by atoms with van der Waals surface area (Å²) in [6.07, 6.45) is 5.76. The lowest BCUT2D eigenvalue weighted by molar-refractivity contribution is 0.167. The van der Waals surface area contributed by atoms with Gasteiger partial charge in [-0.15, -0.1) is 0 Å². The van der Waals surface area contributed by atoms with E-state index in [2.05, 4.69) is 24.9 Å². The predicted octanol–water partition coefficient (Wildman–Crippen LogP) is 3.23. The molecule has 1 unspecified atom stereocenters. The molecule has 0 saturated carbocycles. The molecule has 23 heavy (non-hydrogen) atoms. The predicted molar refractivity (Wildman–Crippen MR) is 90.7 cm³/mol. The quantitative estimate of drug-likeness (QED) is 0.823. The van der Waals surface area contributed by atoms with Crippen molar-refractivity contribution in [3.63, 3.8) is 0 Å². The second-order valence-electron chi connectivity index (χ2n) is 6.75. The van der Waals surface area contributed by atoms with Gasteiger partial charge in [-0.3, -0.25) is 4.90 Å². The molecule has 1 heterocycles. The number of phenols is 2. The maximum atomic E-state index is 10.6. The highest BCUT2D eigenvalue weighted by molar-refractivity contribution is 5.58. The van der Waals surface area contributed by atoms with Gasteiger partial charge < -0.3 is 14.9 Å². The van der Waals surface area contributed by atoms with Crippen molar-refractivity contribution in [1.82, 2.24) is 4.90 Å². The van der Waals surface area contributed by atoms with E-state index in [1.165, 1.54) is 5.57 Å². The lowest BCUT2D eigenvalue weighted by Gasteiger charge is -2.49. The van der Waals surface area contributed by atoms with Gasteiger partial charge in [-0.2, -0.15) is 0 Å². The zero-order chi connectivity index (χ0) is 16.8. The molecule has 0 amide bonds. The molecule has 2 atom stereocenters. The van der Waals surface area contributed by atoms with Gasteiger partial charge in [0.15, 0.2) is 11.5 Å². The van der Waals surface area contributed by atoms with E-state index in [1.807, 2.05) is 19.1 Å². The second kappa shape index (κ2) is 5.60. The first-order valence-electron chi connectivity index (χ1n) is 8.08. The van der Waals surface area contributed by atoms with Crippen LogP contribution in [0.5, 0.6) is 11.5 Å². The fraction of sp³-hybridized carbons (Fsp3) is 0.474. The van der Waals surface area contributed by atoms with Crippen LogP contribution in [0, 0.1) is 6.92 Å². The number of rotatable bonds is 2. The van der Waals surface area contributed by atoms with Crippen molar-refractivity contribution < 1.29 is 14.9 Å². The molecule has 0 spiro atoms. The van der Waals surface area contributed by atoms with E-state index in [0.717, 1.165) is 29.9 Å². The van der Waals surface area contributed by atoms with Crippen LogP contribution in [0.15, 0.2) is 35.6 Å². The van der Waals surface area contributed by atoms with Crippen molar-refractivity contribution >= 4 is 0 Å². The monoisotopic (exact) mass is 315 g/mol. The van der Waals surface area contributed by atoms with E-state index in [1.54, 1.807) is 13.2 Å². The molecule has 2 N–H and O–H groups in total. The number of ether oxygens (including phenoxy) is 1. The summed E-state index contributed by atoms with van der Waals surface area (Å²) in [5.41, 5.74) is 2.79. The first kappa shape index (κ1) is 15.9. The number of allylic oxidation sites excluding steroid dienone is 3. The standard InChI is InChI=1S/C19H25NO3/c1-12-5-8-16(21)18(22)17(12)19-9-10-20(3)13(2)15(19)7-6-14(11-19)23-4/h5-8,13,21-22H,9-11H2,1-4H3/t13?,19-/m0/s1. The summed E-state index contributed by atoms with van der Waals surface area (Å²) in [5.74, 6) is 0.858. The Morgan fingerprint density at radius 2 is 2.00 bits per heavy atom. The smallest absolute Gasteiger partial charge is 0.161 e. The lowest BCUT2D eigenvalue weighted by Crippen LogP contribution is -2.49. The SMILES string of the molecule is COC1=CC=C2C(C)N(C)CC[C@]2(c2c(C)ccc(O)c2O)C1. The van der Waals surface area contributed by atoms with Crippen LogP contribution in [0.3, 0.4) is 0 Å². The third-order valence-electron chi connectivity index (χ3n) is 5.59. The Balaban J connectivity index is 2.24. The molecule has 1 aromatic carbocycles. The minimum Gasteiger partial charge on any atom is -0.504 e. The molecule has 3 rings (SSSR count). The zero-order valence-corrected chi connectivity index (χ0v) is 14.3. The van der Waals surface area contributed by atoms with Gasteiger partial charge in [0.25, 0.3) is 0 Å². The molecule has 1 aromatic rings. The third-order valence-corrected chi connectivity index (χ3v) is 5.59. The van der Waals surface area contributed by atoms with Crippen LogP contribution in [0.1, 0.15) is 30.9 Å². The Morgan fingerprint density at radius 1 is 1.26 bits per heavy atom. The molecule has 1 aliphatic carbocycles. The van der Waals surface area contributed by atoms with E-state index in [-0.39, 0.29) is 23.0 Å². The Labute approximate surface area is 137 Å². The zero-order valence-electron chi connectivity index (χ0n) is 14.3. The van der Waals surface area contributed by atoms with Crippen molar-refractivity contribution in [2.75, 3.05) is 20.7 Å². The topological polar surface area (TPSA) is 52.9 Å². The first-order valence-corrected chi connectivity index (χ1v) is 8.08. The molecule has 1 fully saturated rings. The second-order valence-corrected chi connectivity index (χ2v) is 6.75. The van der Waals surface area contributed by atoms with E-state index < -0.39 is 0 Å². The Hall–Kier alpha value is -1.94.